The van der Waals surface area contributed by atoms with Crippen LogP contribution in [0.4, 0.5) is 0 Å². The van der Waals surface area contributed by atoms with E-state index >= 15 is 0 Å². The van der Waals surface area contributed by atoms with E-state index in [1.807, 2.05) is 20.0 Å². The molecule has 0 bridgehead atoms. The van der Waals surface area contributed by atoms with Gasteiger partial charge in [0.15, 0.2) is 0 Å². The van der Waals surface area contributed by atoms with E-state index < -0.39 is 0 Å². The van der Waals surface area contributed by atoms with Crippen molar-refractivity contribution in [3.8, 4) is 0 Å². The molecule has 0 aliphatic rings. The van der Waals surface area contributed by atoms with Gasteiger partial charge in [-0.25, -0.2) is 0 Å². The molecular weight excluding hydrogens is 263 g/mol. The fraction of sp³-hybridized carbons (Fsp3) is 0.222. The van der Waals surface area contributed by atoms with Crippen LogP contribution >= 0.6 is 22.6 Å². The van der Waals surface area contributed by atoms with Gasteiger partial charge < -0.3 is 0 Å². The largest absolute Gasteiger partial charge is 0.278 e. The van der Waals surface area contributed by atoms with Crippen molar-refractivity contribution in [2.75, 3.05) is 0 Å². The number of aromatic nitrogens is 2. The van der Waals surface area contributed by atoms with E-state index in [1.165, 1.54) is 8.96 Å². The van der Waals surface area contributed by atoms with Gasteiger partial charge in [-0.15, -0.1) is 0 Å². The fourth-order valence-corrected chi connectivity index (χ4v) is 1.40. The van der Waals surface area contributed by atoms with E-state index in [1.54, 1.807) is 0 Å². The van der Waals surface area contributed by atoms with Crippen molar-refractivity contribution in [2.24, 2.45) is 0 Å². The summed E-state index contributed by atoms with van der Waals surface area (Å²) in [6.45, 7) is 4.00. The number of H-pyrrole nitrogens is 1. The standard InChI is InChI=1S/C7H5IN2.C2H6/c8-6-2-1-5-4-9-10-7(5)3-6;1-2/h1-4H,(H,9,10);1-2H3. The Balaban J connectivity index is 0.000000336. The van der Waals surface area contributed by atoms with Gasteiger partial charge in [0, 0.05) is 8.96 Å². The van der Waals surface area contributed by atoms with Crippen molar-refractivity contribution in [1.82, 2.24) is 10.2 Å². The first-order valence-electron chi connectivity index (χ1n) is 3.95. The predicted octanol–water partition coefficient (Wildman–Crippen LogP) is 3.19. The van der Waals surface area contributed by atoms with Crippen molar-refractivity contribution < 1.29 is 0 Å². The van der Waals surface area contributed by atoms with E-state index in [4.69, 9.17) is 0 Å². The van der Waals surface area contributed by atoms with Crippen LogP contribution in [0, 0.1) is 3.57 Å². The summed E-state index contributed by atoms with van der Waals surface area (Å²) in [7, 11) is 0. The second-order valence-corrected chi connectivity index (χ2v) is 3.35. The molecule has 0 spiro atoms. The lowest BCUT2D eigenvalue weighted by Crippen LogP contribution is -1.70. The summed E-state index contributed by atoms with van der Waals surface area (Å²) < 4.78 is 1.23. The molecule has 0 unspecified atom stereocenters. The summed E-state index contributed by atoms with van der Waals surface area (Å²) in [4.78, 5) is 0. The maximum atomic E-state index is 3.91. The molecule has 0 atom stereocenters. The Morgan fingerprint density at radius 3 is 2.83 bits per heavy atom. The molecule has 2 nitrogen and oxygen atoms in total. The van der Waals surface area contributed by atoms with Crippen LogP contribution in [0.5, 0.6) is 0 Å². The van der Waals surface area contributed by atoms with Crippen LogP contribution in [0.15, 0.2) is 24.4 Å². The summed E-state index contributed by atoms with van der Waals surface area (Å²) in [6.07, 6.45) is 1.82. The van der Waals surface area contributed by atoms with Crippen molar-refractivity contribution in [3.63, 3.8) is 0 Å². The molecule has 1 heterocycles. The number of hydrogen-bond acceptors (Lipinski definition) is 1. The molecule has 0 aliphatic heterocycles. The van der Waals surface area contributed by atoms with E-state index in [0.29, 0.717) is 0 Å². The topological polar surface area (TPSA) is 28.7 Å². The van der Waals surface area contributed by atoms with Crippen molar-refractivity contribution in [3.05, 3.63) is 28.0 Å². The minimum Gasteiger partial charge on any atom is -0.278 e. The minimum atomic E-state index is 1.10. The number of nitrogens with one attached hydrogen (secondary N) is 1. The van der Waals surface area contributed by atoms with Crippen LogP contribution in [0.3, 0.4) is 0 Å². The zero-order valence-corrected chi connectivity index (χ0v) is 9.29. The molecule has 2 rings (SSSR count). The fourth-order valence-electron chi connectivity index (χ4n) is 0.909. The van der Waals surface area contributed by atoms with Gasteiger partial charge in [0.25, 0.3) is 0 Å². The summed E-state index contributed by atoms with van der Waals surface area (Å²) in [5.41, 5.74) is 1.10. The van der Waals surface area contributed by atoms with Crippen molar-refractivity contribution in [2.45, 2.75) is 13.8 Å². The van der Waals surface area contributed by atoms with Crippen LogP contribution < -0.4 is 0 Å². The average molecular weight is 274 g/mol. The second kappa shape index (κ2) is 4.45. The molecule has 3 heteroatoms. The zero-order chi connectivity index (χ0) is 8.97. The Hall–Kier alpha value is -0.580. The van der Waals surface area contributed by atoms with E-state index in [-0.39, 0.29) is 0 Å². The first-order chi connectivity index (χ1) is 5.86. The van der Waals surface area contributed by atoms with Gasteiger partial charge in [-0.2, -0.15) is 5.10 Å². The normalized spacial score (nSPS) is 9.25. The third-order valence-electron chi connectivity index (χ3n) is 1.40. The molecule has 0 saturated carbocycles. The Morgan fingerprint density at radius 1 is 1.33 bits per heavy atom. The van der Waals surface area contributed by atoms with E-state index in [0.717, 1.165) is 5.52 Å². The monoisotopic (exact) mass is 274 g/mol. The second-order valence-electron chi connectivity index (χ2n) is 2.10. The molecule has 64 valence electrons. The highest BCUT2D eigenvalue weighted by molar-refractivity contribution is 14.1. The van der Waals surface area contributed by atoms with Crippen LogP contribution in [-0.2, 0) is 0 Å². The number of fused-ring (bicyclic) bond motifs is 1. The molecule has 2 aromatic rings. The highest BCUT2D eigenvalue weighted by Crippen LogP contribution is 2.13. The number of benzene rings is 1. The molecule has 0 saturated heterocycles. The Bertz CT molecular complexity index is 354. The molecule has 0 radical (unpaired) electrons. The quantitative estimate of drug-likeness (QED) is 0.734. The molecule has 1 N–H and O–H groups in total. The van der Waals surface area contributed by atoms with Crippen LogP contribution in [-0.4, -0.2) is 10.2 Å². The predicted molar refractivity (Wildman–Crippen MR) is 60.2 cm³/mol. The van der Waals surface area contributed by atoms with Gasteiger partial charge in [0.2, 0.25) is 0 Å². The highest BCUT2D eigenvalue weighted by Gasteiger charge is 1.93. The van der Waals surface area contributed by atoms with Crippen LogP contribution in [0.2, 0.25) is 0 Å². The van der Waals surface area contributed by atoms with Gasteiger partial charge in [0.05, 0.1) is 11.7 Å². The van der Waals surface area contributed by atoms with Crippen LogP contribution in [0.1, 0.15) is 13.8 Å². The summed E-state index contributed by atoms with van der Waals surface area (Å²) in [6, 6.07) is 6.20. The molecule has 1 aromatic heterocycles. The molecule has 0 aliphatic carbocycles. The van der Waals surface area contributed by atoms with E-state index in [2.05, 4.69) is 51.0 Å². The smallest absolute Gasteiger partial charge is 0.0660 e. The average Bonchev–Trinajstić information content (AvgIpc) is 2.54. The minimum absolute atomic E-state index is 1.10. The van der Waals surface area contributed by atoms with Gasteiger partial charge >= 0.3 is 0 Å². The molecule has 0 amide bonds. The summed E-state index contributed by atoms with van der Waals surface area (Å²) >= 11 is 2.28. The first kappa shape index (κ1) is 9.51. The third kappa shape index (κ3) is 1.97. The number of nitrogens with zero attached hydrogens (tertiary/aromatic N) is 1. The van der Waals surface area contributed by atoms with Gasteiger partial charge in [-0.3, -0.25) is 5.10 Å². The van der Waals surface area contributed by atoms with Crippen molar-refractivity contribution >= 4 is 33.5 Å². The Labute approximate surface area is 85.5 Å². The first-order valence-corrected chi connectivity index (χ1v) is 5.03. The lowest BCUT2D eigenvalue weighted by molar-refractivity contribution is 1.12. The maximum absolute atomic E-state index is 3.91. The molecule has 1 aromatic carbocycles. The lowest BCUT2D eigenvalue weighted by Gasteiger charge is -1.87. The lowest BCUT2D eigenvalue weighted by atomic mass is 10.3. The number of hydrogen-bond donors (Lipinski definition) is 1. The zero-order valence-electron chi connectivity index (χ0n) is 7.13. The third-order valence-corrected chi connectivity index (χ3v) is 2.07. The van der Waals surface area contributed by atoms with Gasteiger partial charge in [-0.05, 0) is 34.7 Å². The summed E-state index contributed by atoms with van der Waals surface area (Å²) in [5, 5.41) is 7.99. The molecule has 0 fully saturated rings. The molecule has 12 heavy (non-hydrogen) atoms. The van der Waals surface area contributed by atoms with Crippen LogP contribution in [0.25, 0.3) is 10.9 Å². The highest BCUT2D eigenvalue weighted by atomic mass is 127. The maximum Gasteiger partial charge on any atom is 0.0660 e. The van der Waals surface area contributed by atoms with E-state index in [9.17, 15) is 0 Å². The van der Waals surface area contributed by atoms with Gasteiger partial charge in [0.1, 0.15) is 0 Å². The molecular formula is C9H11IN2. The SMILES string of the molecule is CC.Ic1ccc2cn[nH]c2c1. The van der Waals surface area contributed by atoms with Gasteiger partial charge in [-0.1, -0.05) is 19.9 Å². The Morgan fingerprint density at radius 2 is 2.08 bits per heavy atom. The number of rotatable bonds is 0. The number of aromatic amines is 1. The number of halogens is 1. The van der Waals surface area contributed by atoms with Crippen molar-refractivity contribution in [1.29, 1.82) is 0 Å². The Kier molecular flexibility index (Phi) is 3.52. The summed E-state index contributed by atoms with van der Waals surface area (Å²) in [5.74, 6) is 0.